The lowest BCUT2D eigenvalue weighted by Gasteiger charge is -2.00. The summed E-state index contributed by atoms with van der Waals surface area (Å²) >= 11 is 0. The van der Waals surface area contributed by atoms with Gasteiger partial charge in [-0.3, -0.25) is 25.0 Å². The van der Waals surface area contributed by atoms with Gasteiger partial charge in [0.2, 0.25) is 0 Å². The predicted octanol–water partition coefficient (Wildman–Crippen LogP) is 2.84. The molecule has 3 rings (SSSR count). The van der Waals surface area contributed by atoms with Crippen molar-refractivity contribution < 1.29 is 10.0 Å². The topological polar surface area (TPSA) is 114 Å². The summed E-state index contributed by atoms with van der Waals surface area (Å²) in [5.74, 6) is 0.0163. The smallest absolute Gasteiger partial charge is 0.280 e. The maximum absolute atomic E-state index is 12.6. The third-order valence-electron chi connectivity index (χ3n) is 3.65. The molecule has 1 heterocycles. The number of nitrogens with zero attached hydrogens (tertiary/aromatic N) is 3. The number of phenolic OH excluding ortho intramolecular Hbond substituents is 1. The summed E-state index contributed by atoms with van der Waals surface area (Å²) in [5.41, 5.74) is 1.35. The number of hydrogen-bond acceptors (Lipinski definition) is 5. The van der Waals surface area contributed by atoms with Crippen LogP contribution < -0.4 is 5.56 Å². The number of nitrogens with one attached hydrogen (secondary N) is 1. The number of aromatic hydroxyl groups is 1. The molecule has 2 aromatic carbocycles. The number of hydrogen-bond donors (Lipinski definition) is 2. The molecule has 0 fully saturated rings. The van der Waals surface area contributed by atoms with Crippen molar-refractivity contribution in [2.24, 2.45) is 4.99 Å². The molecule has 0 bridgehead atoms. The Hall–Kier alpha value is -3.68. The van der Waals surface area contributed by atoms with Crippen LogP contribution in [-0.2, 0) is 0 Å². The van der Waals surface area contributed by atoms with Gasteiger partial charge in [-0.15, -0.1) is 0 Å². The van der Waals surface area contributed by atoms with Gasteiger partial charge in [-0.1, -0.05) is 12.1 Å². The zero-order chi connectivity index (χ0) is 18.0. The van der Waals surface area contributed by atoms with E-state index >= 15 is 0 Å². The van der Waals surface area contributed by atoms with E-state index < -0.39 is 4.92 Å². The fraction of sp³-hybridized carbons (Fsp3) is 0.0588. The van der Waals surface area contributed by atoms with Gasteiger partial charge in [-0.05, 0) is 31.2 Å². The highest BCUT2D eigenvalue weighted by Gasteiger charge is 2.12. The highest BCUT2D eigenvalue weighted by molar-refractivity contribution is 5.83. The highest BCUT2D eigenvalue weighted by Crippen LogP contribution is 2.24. The number of nitro benzene ring substituents is 1. The summed E-state index contributed by atoms with van der Waals surface area (Å²) in [6, 6.07) is 12.2. The van der Waals surface area contributed by atoms with Crippen LogP contribution in [0.25, 0.3) is 5.69 Å². The van der Waals surface area contributed by atoms with Crippen molar-refractivity contribution in [1.82, 2.24) is 9.78 Å². The number of aromatic nitrogens is 2. The number of para-hydroxylation sites is 2. The minimum atomic E-state index is -0.503. The molecule has 2 N–H and O–H groups in total. The molecule has 1 aromatic heterocycles. The Morgan fingerprint density at radius 1 is 1.20 bits per heavy atom. The molecule has 0 spiro atoms. The molecule has 0 aliphatic rings. The summed E-state index contributed by atoms with van der Waals surface area (Å²) in [4.78, 5) is 26.9. The molecule has 126 valence electrons. The Morgan fingerprint density at radius 2 is 1.88 bits per heavy atom. The Kier molecular flexibility index (Phi) is 4.17. The molecular formula is C17H14N4O4. The van der Waals surface area contributed by atoms with E-state index in [1.54, 1.807) is 25.1 Å². The maximum atomic E-state index is 12.6. The zero-order valence-corrected chi connectivity index (χ0v) is 13.2. The van der Waals surface area contributed by atoms with Crippen molar-refractivity contribution in [2.75, 3.05) is 0 Å². The van der Waals surface area contributed by atoms with Gasteiger partial charge >= 0.3 is 0 Å². The van der Waals surface area contributed by atoms with Crippen LogP contribution in [0, 0.1) is 17.0 Å². The molecule has 0 aliphatic heterocycles. The van der Waals surface area contributed by atoms with E-state index in [0.29, 0.717) is 22.6 Å². The summed E-state index contributed by atoms with van der Waals surface area (Å²) in [6.45, 7) is 1.72. The Labute approximate surface area is 141 Å². The summed E-state index contributed by atoms with van der Waals surface area (Å²) < 4.78 is 1.28. The normalized spacial score (nSPS) is 11.1. The Bertz CT molecular complexity index is 1020. The van der Waals surface area contributed by atoms with E-state index in [4.69, 9.17) is 0 Å². The standard InChI is InChI=1S/C17H14N4O4/c1-11-14(10-18-15-4-2-3-5-16(15)22)17(23)20(19-11)12-6-8-13(9-7-12)21(24)25/h2-10,19,22H,1H3. The molecule has 0 saturated carbocycles. The van der Waals surface area contributed by atoms with Gasteiger partial charge in [0, 0.05) is 24.0 Å². The highest BCUT2D eigenvalue weighted by atomic mass is 16.6. The minimum absolute atomic E-state index is 0.0163. The first-order valence-corrected chi connectivity index (χ1v) is 7.36. The van der Waals surface area contributed by atoms with Gasteiger partial charge in [0.15, 0.2) is 0 Å². The van der Waals surface area contributed by atoms with Gasteiger partial charge in [0.25, 0.3) is 11.2 Å². The predicted molar refractivity (Wildman–Crippen MR) is 93.1 cm³/mol. The second kappa shape index (κ2) is 6.44. The van der Waals surface area contributed by atoms with Gasteiger partial charge in [-0.2, -0.15) is 0 Å². The fourth-order valence-corrected chi connectivity index (χ4v) is 2.32. The number of phenols is 1. The molecule has 0 saturated heterocycles. The van der Waals surface area contributed by atoms with E-state index in [1.807, 2.05) is 0 Å². The van der Waals surface area contributed by atoms with Crippen molar-refractivity contribution in [3.63, 3.8) is 0 Å². The number of nitro groups is 1. The largest absolute Gasteiger partial charge is 0.506 e. The van der Waals surface area contributed by atoms with Crippen LogP contribution in [0.2, 0.25) is 0 Å². The van der Waals surface area contributed by atoms with E-state index in [9.17, 15) is 20.0 Å². The average molecular weight is 338 g/mol. The van der Waals surface area contributed by atoms with Crippen molar-refractivity contribution >= 4 is 17.6 Å². The van der Waals surface area contributed by atoms with Crippen LogP contribution in [0.3, 0.4) is 0 Å². The number of non-ortho nitro benzene ring substituents is 1. The van der Waals surface area contributed by atoms with E-state index in [2.05, 4.69) is 10.1 Å². The molecular weight excluding hydrogens is 324 g/mol. The van der Waals surface area contributed by atoms with Crippen LogP contribution in [0.1, 0.15) is 11.3 Å². The molecule has 8 heteroatoms. The fourth-order valence-electron chi connectivity index (χ4n) is 2.32. The number of H-pyrrole nitrogens is 1. The molecule has 0 atom stereocenters. The number of aryl methyl sites for hydroxylation is 1. The van der Waals surface area contributed by atoms with Gasteiger partial charge in [0.05, 0.1) is 16.2 Å². The third kappa shape index (κ3) is 3.18. The van der Waals surface area contributed by atoms with Crippen molar-refractivity contribution in [1.29, 1.82) is 0 Å². The average Bonchev–Trinajstić information content (AvgIpc) is 2.89. The zero-order valence-electron chi connectivity index (χ0n) is 13.2. The van der Waals surface area contributed by atoms with Crippen molar-refractivity contribution in [2.45, 2.75) is 6.92 Å². The summed E-state index contributed by atoms with van der Waals surface area (Å²) in [6.07, 6.45) is 1.38. The SMILES string of the molecule is Cc1[nH]n(-c2ccc([N+](=O)[O-])cc2)c(=O)c1C=Nc1ccccc1O. The maximum Gasteiger partial charge on any atom is 0.280 e. The van der Waals surface area contributed by atoms with Gasteiger partial charge in [-0.25, -0.2) is 4.68 Å². The number of aromatic amines is 1. The van der Waals surface area contributed by atoms with Crippen LogP contribution in [0.4, 0.5) is 11.4 Å². The van der Waals surface area contributed by atoms with E-state index in [0.717, 1.165) is 0 Å². The molecule has 0 unspecified atom stereocenters. The Balaban J connectivity index is 1.97. The first-order chi connectivity index (χ1) is 12.0. The van der Waals surface area contributed by atoms with Gasteiger partial charge < -0.3 is 5.11 Å². The van der Waals surface area contributed by atoms with E-state index in [-0.39, 0.29) is 17.0 Å². The number of benzene rings is 2. The van der Waals surface area contributed by atoms with Crippen LogP contribution in [-0.4, -0.2) is 26.0 Å². The second-order valence-electron chi connectivity index (χ2n) is 5.31. The summed E-state index contributed by atoms with van der Waals surface area (Å²) in [5, 5.41) is 23.3. The second-order valence-corrected chi connectivity index (χ2v) is 5.31. The van der Waals surface area contributed by atoms with Crippen molar-refractivity contribution in [3.8, 4) is 11.4 Å². The molecule has 0 radical (unpaired) electrons. The lowest BCUT2D eigenvalue weighted by molar-refractivity contribution is -0.384. The minimum Gasteiger partial charge on any atom is -0.506 e. The Morgan fingerprint density at radius 3 is 2.52 bits per heavy atom. The van der Waals surface area contributed by atoms with Crippen LogP contribution in [0.5, 0.6) is 5.75 Å². The van der Waals surface area contributed by atoms with Crippen LogP contribution in [0.15, 0.2) is 58.3 Å². The molecule has 3 aromatic rings. The monoisotopic (exact) mass is 338 g/mol. The molecule has 0 amide bonds. The molecule has 8 nitrogen and oxygen atoms in total. The molecule has 25 heavy (non-hydrogen) atoms. The number of aliphatic imine (C=N–C) groups is 1. The van der Waals surface area contributed by atoms with Gasteiger partial charge in [0.1, 0.15) is 11.4 Å². The first-order valence-electron chi connectivity index (χ1n) is 7.36. The van der Waals surface area contributed by atoms with E-state index in [1.165, 1.54) is 41.2 Å². The number of rotatable bonds is 4. The lowest BCUT2D eigenvalue weighted by Crippen LogP contribution is -2.17. The third-order valence-corrected chi connectivity index (χ3v) is 3.65. The van der Waals surface area contributed by atoms with Crippen molar-refractivity contribution in [3.05, 3.63) is 80.3 Å². The van der Waals surface area contributed by atoms with Crippen LogP contribution >= 0.6 is 0 Å². The lowest BCUT2D eigenvalue weighted by atomic mass is 10.2. The summed E-state index contributed by atoms with van der Waals surface area (Å²) in [7, 11) is 0. The quantitative estimate of drug-likeness (QED) is 0.432. The first kappa shape index (κ1) is 16.2. The molecule has 0 aliphatic carbocycles.